The first-order chi connectivity index (χ1) is 12.4. The van der Waals surface area contributed by atoms with Crippen LogP contribution in [0.1, 0.15) is 78.0 Å². The van der Waals surface area contributed by atoms with E-state index in [-0.39, 0.29) is 10.8 Å². The lowest BCUT2D eigenvalue weighted by atomic mass is 9.79. The van der Waals surface area contributed by atoms with Gasteiger partial charge in [-0.25, -0.2) is 0 Å². The average molecular weight is 431 g/mol. The minimum atomic E-state index is 0.0975. The molecule has 0 N–H and O–H groups in total. The summed E-state index contributed by atoms with van der Waals surface area (Å²) in [6.45, 7) is 18.8. The van der Waals surface area contributed by atoms with Gasteiger partial charge in [-0.15, -0.1) is 0 Å². The van der Waals surface area contributed by atoms with Gasteiger partial charge in [-0.3, -0.25) is 0 Å². The number of aryl methyl sites for hydroxylation is 1. The number of hydrogen-bond acceptors (Lipinski definition) is 1. The number of hydrogen-bond donors (Lipinski definition) is 0. The van der Waals surface area contributed by atoms with Crippen molar-refractivity contribution in [3.8, 4) is 16.9 Å². The molecule has 2 rings (SSSR count). The van der Waals surface area contributed by atoms with Crippen molar-refractivity contribution in [2.24, 2.45) is 0 Å². The van der Waals surface area contributed by atoms with Gasteiger partial charge in [-0.05, 0) is 74.5 Å². The first-order valence-electron chi connectivity index (χ1n) is 10.0. The predicted octanol–water partition coefficient (Wildman–Crippen LogP) is 8.20. The van der Waals surface area contributed by atoms with E-state index in [2.05, 4.69) is 102 Å². The van der Waals surface area contributed by atoms with Gasteiger partial charge in [-0.2, -0.15) is 0 Å². The largest absolute Gasteiger partial charge is 0.492 e. The Morgan fingerprint density at radius 3 is 1.89 bits per heavy atom. The summed E-state index contributed by atoms with van der Waals surface area (Å²) >= 11 is 3.74. The topological polar surface area (TPSA) is 9.23 Å². The van der Waals surface area contributed by atoms with Gasteiger partial charge in [0.15, 0.2) is 0 Å². The highest BCUT2D eigenvalue weighted by Crippen LogP contribution is 2.41. The lowest BCUT2D eigenvalue weighted by Gasteiger charge is -2.27. The summed E-state index contributed by atoms with van der Waals surface area (Å²) in [5.41, 5.74) is 6.57. The Labute approximate surface area is 174 Å². The van der Waals surface area contributed by atoms with E-state index in [1.165, 1.54) is 27.8 Å². The predicted molar refractivity (Wildman–Crippen MR) is 122 cm³/mol. The fraction of sp³-hybridized carbons (Fsp3) is 0.520. The van der Waals surface area contributed by atoms with Gasteiger partial charge in [0.05, 0.1) is 11.1 Å². The molecule has 0 atom stereocenters. The molecule has 2 aromatic carbocycles. The number of unbranched alkanes of at least 4 members (excludes halogenated alkanes) is 1. The molecule has 27 heavy (non-hydrogen) atoms. The van der Waals surface area contributed by atoms with E-state index in [1.807, 2.05) is 0 Å². The van der Waals surface area contributed by atoms with Gasteiger partial charge in [0, 0.05) is 5.56 Å². The Hall–Kier alpha value is -1.28. The maximum Gasteiger partial charge on any atom is 0.141 e. The van der Waals surface area contributed by atoms with Crippen LogP contribution < -0.4 is 4.74 Å². The zero-order valence-corrected chi connectivity index (χ0v) is 19.9. The molecule has 0 spiro atoms. The summed E-state index contributed by atoms with van der Waals surface area (Å²) in [5, 5.41) is 0. The van der Waals surface area contributed by atoms with Gasteiger partial charge >= 0.3 is 0 Å². The van der Waals surface area contributed by atoms with Crippen molar-refractivity contribution in [1.82, 2.24) is 0 Å². The van der Waals surface area contributed by atoms with Crippen LogP contribution in [0.3, 0.4) is 0 Å². The van der Waals surface area contributed by atoms with Gasteiger partial charge in [-0.1, -0.05) is 73.1 Å². The molecular weight excluding hydrogens is 396 g/mol. The van der Waals surface area contributed by atoms with Crippen LogP contribution in [0, 0.1) is 6.92 Å². The van der Waals surface area contributed by atoms with E-state index in [0.717, 1.165) is 29.7 Å². The standard InChI is InChI=1S/C25H35BrO/c1-9-10-11-27-23-21(12-17(2)13-22(23)26)18-14-19(24(3,4)5)16-20(15-18)25(6,7)8/h12-16H,9-11H2,1-8H3. The molecular formula is C25H35BrO. The first kappa shape index (κ1) is 22.0. The van der Waals surface area contributed by atoms with Crippen LogP contribution in [0.4, 0.5) is 0 Å². The molecule has 0 aliphatic rings. The number of benzene rings is 2. The molecule has 148 valence electrons. The van der Waals surface area contributed by atoms with Gasteiger partial charge in [0.1, 0.15) is 5.75 Å². The maximum absolute atomic E-state index is 6.22. The normalized spacial score (nSPS) is 12.3. The third-order valence-corrected chi connectivity index (χ3v) is 5.50. The minimum Gasteiger partial charge on any atom is -0.492 e. The Bertz CT molecular complexity index is 759. The van der Waals surface area contributed by atoms with Crippen molar-refractivity contribution in [3.63, 3.8) is 0 Å². The van der Waals surface area contributed by atoms with Crippen LogP contribution in [0.2, 0.25) is 0 Å². The summed E-state index contributed by atoms with van der Waals surface area (Å²) in [6.07, 6.45) is 2.20. The number of rotatable bonds is 5. The van der Waals surface area contributed by atoms with Crippen LogP contribution in [0.25, 0.3) is 11.1 Å². The first-order valence-corrected chi connectivity index (χ1v) is 10.8. The van der Waals surface area contributed by atoms with Crippen LogP contribution in [-0.2, 0) is 10.8 Å². The quantitative estimate of drug-likeness (QED) is 0.434. The number of ether oxygens (including phenoxy) is 1. The van der Waals surface area contributed by atoms with Crippen molar-refractivity contribution < 1.29 is 4.74 Å². The second kappa shape index (κ2) is 8.39. The van der Waals surface area contributed by atoms with Crippen molar-refractivity contribution in [2.45, 2.75) is 79.1 Å². The lowest BCUT2D eigenvalue weighted by Crippen LogP contribution is -2.16. The Morgan fingerprint density at radius 1 is 0.852 bits per heavy atom. The molecule has 0 saturated carbocycles. The zero-order valence-electron chi connectivity index (χ0n) is 18.3. The number of halogens is 1. The van der Waals surface area contributed by atoms with E-state index >= 15 is 0 Å². The van der Waals surface area contributed by atoms with Crippen LogP contribution in [0.5, 0.6) is 5.75 Å². The Morgan fingerprint density at radius 2 is 1.41 bits per heavy atom. The molecule has 0 amide bonds. The van der Waals surface area contributed by atoms with E-state index in [0.29, 0.717) is 0 Å². The molecule has 0 saturated heterocycles. The highest BCUT2D eigenvalue weighted by atomic mass is 79.9. The van der Waals surface area contributed by atoms with E-state index in [4.69, 9.17) is 4.74 Å². The summed E-state index contributed by atoms with van der Waals surface area (Å²) in [6, 6.07) is 11.4. The van der Waals surface area contributed by atoms with Gasteiger partial charge < -0.3 is 4.74 Å². The van der Waals surface area contributed by atoms with E-state index in [9.17, 15) is 0 Å². The van der Waals surface area contributed by atoms with Crippen molar-refractivity contribution >= 4 is 15.9 Å². The van der Waals surface area contributed by atoms with Crippen molar-refractivity contribution in [2.75, 3.05) is 6.61 Å². The molecule has 0 aliphatic heterocycles. The molecule has 0 radical (unpaired) electrons. The fourth-order valence-electron chi connectivity index (χ4n) is 3.06. The molecule has 0 bridgehead atoms. The Balaban J connectivity index is 2.69. The van der Waals surface area contributed by atoms with Crippen molar-refractivity contribution in [1.29, 1.82) is 0 Å². The molecule has 0 unspecified atom stereocenters. The molecule has 0 aromatic heterocycles. The zero-order chi connectivity index (χ0) is 20.4. The molecule has 0 aliphatic carbocycles. The van der Waals surface area contributed by atoms with Crippen molar-refractivity contribution in [3.05, 3.63) is 51.5 Å². The van der Waals surface area contributed by atoms with Gasteiger partial charge in [0.2, 0.25) is 0 Å². The van der Waals surface area contributed by atoms with Crippen LogP contribution in [0.15, 0.2) is 34.8 Å². The SMILES string of the molecule is CCCCOc1c(Br)cc(C)cc1-c1cc(C(C)(C)C)cc(C(C)(C)C)c1. The smallest absolute Gasteiger partial charge is 0.141 e. The third-order valence-electron chi connectivity index (χ3n) is 4.91. The van der Waals surface area contributed by atoms with E-state index < -0.39 is 0 Å². The van der Waals surface area contributed by atoms with Crippen LogP contribution in [-0.4, -0.2) is 6.61 Å². The molecule has 1 nitrogen and oxygen atoms in total. The summed E-state index contributed by atoms with van der Waals surface area (Å²) < 4.78 is 7.26. The third kappa shape index (κ3) is 5.60. The second-order valence-electron chi connectivity index (χ2n) is 9.62. The molecule has 0 heterocycles. The second-order valence-corrected chi connectivity index (χ2v) is 10.5. The average Bonchev–Trinajstić information content (AvgIpc) is 2.54. The molecule has 2 heteroatoms. The minimum absolute atomic E-state index is 0.0975. The van der Waals surface area contributed by atoms with E-state index in [1.54, 1.807) is 0 Å². The van der Waals surface area contributed by atoms with Gasteiger partial charge in [0.25, 0.3) is 0 Å². The highest BCUT2D eigenvalue weighted by molar-refractivity contribution is 9.10. The molecule has 0 fully saturated rings. The molecule has 2 aromatic rings. The monoisotopic (exact) mass is 430 g/mol. The summed E-state index contributed by atoms with van der Waals surface area (Å²) in [4.78, 5) is 0. The summed E-state index contributed by atoms with van der Waals surface area (Å²) in [7, 11) is 0. The maximum atomic E-state index is 6.22. The fourth-order valence-corrected chi connectivity index (χ4v) is 3.75. The summed E-state index contributed by atoms with van der Waals surface area (Å²) in [5.74, 6) is 0.958. The van der Waals surface area contributed by atoms with Crippen LogP contribution >= 0.6 is 15.9 Å². The Kier molecular flexibility index (Phi) is 6.84. The highest BCUT2D eigenvalue weighted by Gasteiger charge is 2.22. The lowest BCUT2D eigenvalue weighted by molar-refractivity contribution is 0.308.